The van der Waals surface area contributed by atoms with Gasteiger partial charge in [0.15, 0.2) is 0 Å². The van der Waals surface area contributed by atoms with Crippen LogP contribution in [0.25, 0.3) is 0 Å². The standard InChI is InChI=1S/C18H20Cl2N2O4S2/c19-13-5-9-15(10-6-13)27(23,24)21-17-3-1-2-4-18(17)22-28(25,26)16-11-7-14(20)8-12-16/h5-12,17-18,21-22H,1-4H2/t17-,18+. The molecule has 0 aromatic heterocycles. The van der Waals surface area contributed by atoms with Crippen LogP contribution in [0.1, 0.15) is 25.7 Å². The average Bonchev–Trinajstić information content (AvgIpc) is 2.64. The minimum Gasteiger partial charge on any atom is -0.207 e. The molecule has 2 aromatic rings. The van der Waals surface area contributed by atoms with Crippen LogP contribution >= 0.6 is 23.2 Å². The Hall–Kier alpha value is -1.16. The van der Waals surface area contributed by atoms with Crippen molar-refractivity contribution in [2.24, 2.45) is 0 Å². The maximum Gasteiger partial charge on any atom is 0.240 e. The number of benzene rings is 2. The zero-order valence-corrected chi connectivity index (χ0v) is 18.0. The average molecular weight is 463 g/mol. The number of rotatable bonds is 6. The molecule has 0 radical (unpaired) electrons. The lowest BCUT2D eigenvalue weighted by Crippen LogP contribution is -2.52. The van der Waals surface area contributed by atoms with Crippen LogP contribution in [-0.2, 0) is 20.0 Å². The fourth-order valence-electron chi connectivity index (χ4n) is 3.18. The Morgan fingerprint density at radius 3 is 1.29 bits per heavy atom. The first-order valence-electron chi connectivity index (χ1n) is 8.73. The zero-order chi connectivity index (χ0) is 20.4. The highest BCUT2D eigenvalue weighted by molar-refractivity contribution is 7.90. The molecule has 6 nitrogen and oxygen atoms in total. The molecule has 0 amide bonds. The van der Waals surface area contributed by atoms with E-state index in [9.17, 15) is 16.8 Å². The van der Waals surface area contributed by atoms with Gasteiger partial charge < -0.3 is 0 Å². The Balaban J connectivity index is 1.78. The molecule has 0 saturated heterocycles. The van der Waals surface area contributed by atoms with Gasteiger partial charge in [-0.3, -0.25) is 0 Å². The molecule has 152 valence electrons. The topological polar surface area (TPSA) is 92.3 Å². The van der Waals surface area contributed by atoms with Gasteiger partial charge in [0.1, 0.15) is 0 Å². The van der Waals surface area contributed by atoms with Crippen LogP contribution in [0.5, 0.6) is 0 Å². The largest absolute Gasteiger partial charge is 0.240 e. The van der Waals surface area contributed by atoms with Crippen LogP contribution in [0.15, 0.2) is 58.3 Å². The van der Waals surface area contributed by atoms with Gasteiger partial charge in [0.05, 0.1) is 9.79 Å². The van der Waals surface area contributed by atoms with Gasteiger partial charge in [0, 0.05) is 22.1 Å². The Bertz CT molecular complexity index is 939. The Morgan fingerprint density at radius 2 is 0.964 bits per heavy atom. The molecule has 0 bridgehead atoms. The fourth-order valence-corrected chi connectivity index (χ4v) is 6.05. The van der Waals surface area contributed by atoms with Gasteiger partial charge in [-0.2, -0.15) is 0 Å². The third-order valence-corrected chi connectivity index (χ3v) is 8.14. The summed E-state index contributed by atoms with van der Waals surface area (Å²) in [4.78, 5) is 0.170. The molecule has 3 rings (SSSR count). The second-order valence-corrected chi connectivity index (χ2v) is 10.9. The van der Waals surface area contributed by atoms with Gasteiger partial charge in [-0.25, -0.2) is 26.3 Å². The first-order valence-corrected chi connectivity index (χ1v) is 12.5. The van der Waals surface area contributed by atoms with Crippen molar-refractivity contribution in [3.05, 3.63) is 58.6 Å². The highest BCUT2D eigenvalue weighted by Crippen LogP contribution is 2.24. The van der Waals surface area contributed by atoms with E-state index in [0.29, 0.717) is 22.9 Å². The van der Waals surface area contributed by atoms with Crippen molar-refractivity contribution in [1.29, 1.82) is 0 Å². The SMILES string of the molecule is O=S(=O)(N[C@H]1CCCC[C@H]1NS(=O)(=O)c1ccc(Cl)cc1)c1ccc(Cl)cc1. The van der Waals surface area contributed by atoms with Gasteiger partial charge in [0.2, 0.25) is 20.0 Å². The molecule has 1 aliphatic carbocycles. The number of sulfonamides is 2. The maximum absolute atomic E-state index is 12.7. The van der Waals surface area contributed by atoms with Gasteiger partial charge in [-0.1, -0.05) is 36.0 Å². The smallest absolute Gasteiger partial charge is 0.207 e. The van der Waals surface area contributed by atoms with Gasteiger partial charge in [0.25, 0.3) is 0 Å². The highest BCUT2D eigenvalue weighted by Gasteiger charge is 2.32. The Labute approximate surface area is 175 Å². The van der Waals surface area contributed by atoms with Crippen molar-refractivity contribution < 1.29 is 16.8 Å². The molecule has 0 heterocycles. The summed E-state index contributed by atoms with van der Waals surface area (Å²) in [7, 11) is -7.59. The van der Waals surface area contributed by atoms with Crippen LogP contribution in [-0.4, -0.2) is 28.9 Å². The van der Waals surface area contributed by atoms with E-state index < -0.39 is 32.1 Å². The summed E-state index contributed by atoms with van der Waals surface area (Å²) in [6.07, 6.45) is 2.71. The molecule has 1 aliphatic rings. The summed E-state index contributed by atoms with van der Waals surface area (Å²) in [5, 5.41) is 0.871. The number of hydrogen-bond donors (Lipinski definition) is 2. The number of halogens is 2. The summed E-state index contributed by atoms with van der Waals surface area (Å²) in [6, 6.07) is 10.6. The third kappa shape index (κ3) is 5.25. The van der Waals surface area contributed by atoms with Crippen LogP contribution in [0.4, 0.5) is 0 Å². The van der Waals surface area contributed by atoms with E-state index in [2.05, 4.69) is 9.44 Å². The van der Waals surface area contributed by atoms with E-state index in [-0.39, 0.29) is 9.79 Å². The number of hydrogen-bond acceptors (Lipinski definition) is 4. The molecule has 1 saturated carbocycles. The van der Waals surface area contributed by atoms with E-state index in [4.69, 9.17) is 23.2 Å². The van der Waals surface area contributed by atoms with E-state index >= 15 is 0 Å². The summed E-state index contributed by atoms with van der Waals surface area (Å²) < 4.78 is 56.0. The molecule has 2 atom stereocenters. The minimum absolute atomic E-state index is 0.0850. The molecular formula is C18H20Cl2N2O4S2. The summed E-state index contributed by atoms with van der Waals surface area (Å²) >= 11 is 11.6. The van der Waals surface area contributed by atoms with E-state index in [1.165, 1.54) is 48.5 Å². The van der Waals surface area contributed by atoms with Crippen LogP contribution in [0.3, 0.4) is 0 Å². The second kappa shape index (κ2) is 8.69. The molecule has 10 heteroatoms. The molecule has 28 heavy (non-hydrogen) atoms. The molecule has 2 N–H and O–H groups in total. The Kier molecular flexibility index (Phi) is 6.69. The summed E-state index contributed by atoms with van der Waals surface area (Å²) in [5.74, 6) is 0. The molecule has 0 aliphatic heterocycles. The van der Waals surface area contributed by atoms with Crippen LogP contribution in [0.2, 0.25) is 10.0 Å². The fraction of sp³-hybridized carbons (Fsp3) is 0.333. The van der Waals surface area contributed by atoms with E-state index in [0.717, 1.165) is 12.8 Å². The number of nitrogens with one attached hydrogen (secondary N) is 2. The van der Waals surface area contributed by atoms with Gasteiger partial charge in [-0.05, 0) is 61.4 Å². The van der Waals surface area contributed by atoms with Crippen molar-refractivity contribution >= 4 is 43.2 Å². The summed E-state index contributed by atoms with van der Waals surface area (Å²) in [5.41, 5.74) is 0. The zero-order valence-electron chi connectivity index (χ0n) is 14.8. The van der Waals surface area contributed by atoms with Crippen molar-refractivity contribution in [3.8, 4) is 0 Å². The summed E-state index contributed by atoms with van der Waals surface area (Å²) in [6.45, 7) is 0. The lowest BCUT2D eigenvalue weighted by atomic mass is 9.92. The quantitative estimate of drug-likeness (QED) is 0.685. The molecular weight excluding hydrogens is 443 g/mol. The molecule has 0 unspecified atom stereocenters. The lowest BCUT2D eigenvalue weighted by Gasteiger charge is -2.32. The molecule has 0 spiro atoms. The lowest BCUT2D eigenvalue weighted by molar-refractivity contribution is 0.340. The van der Waals surface area contributed by atoms with E-state index in [1.54, 1.807) is 0 Å². The first kappa shape index (κ1) is 21.5. The normalized spacial score (nSPS) is 20.8. The van der Waals surface area contributed by atoms with Crippen molar-refractivity contribution in [3.63, 3.8) is 0 Å². The minimum atomic E-state index is -3.80. The van der Waals surface area contributed by atoms with Gasteiger partial charge >= 0.3 is 0 Å². The van der Waals surface area contributed by atoms with Crippen LogP contribution < -0.4 is 9.44 Å². The van der Waals surface area contributed by atoms with Crippen molar-refractivity contribution in [2.75, 3.05) is 0 Å². The first-order chi connectivity index (χ1) is 13.2. The van der Waals surface area contributed by atoms with Crippen LogP contribution in [0, 0.1) is 0 Å². The van der Waals surface area contributed by atoms with Crippen molar-refractivity contribution in [1.82, 2.24) is 9.44 Å². The second-order valence-electron chi connectivity index (χ2n) is 6.65. The Morgan fingerprint density at radius 1 is 0.643 bits per heavy atom. The van der Waals surface area contributed by atoms with E-state index in [1.807, 2.05) is 0 Å². The van der Waals surface area contributed by atoms with Crippen molar-refractivity contribution in [2.45, 2.75) is 47.6 Å². The molecule has 2 aromatic carbocycles. The predicted octanol–water partition coefficient (Wildman–Crippen LogP) is 3.56. The maximum atomic E-state index is 12.7. The molecule has 1 fully saturated rings. The van der Waals surface area contributed by atoms with Gasteiger partial charge in [-0.15, -0.1) is 0 Å². The monoisotopic (exact) mass is 462 g/mol. The third-order valence-electron chi connectivity index (χ3n) is 4.63. The highest BCUT2D eigenvalue weighted by atomic mass is 35.5. The predicted molar refractivity (Wildman–Crippen MR) is 110 cm³/mol.